The number of nitrogens with one attached hydrogen (secondary N) is 1. The second-order valence-electron chi connectivity index (χ2n) is 7.47. The average Bonchev–Trinajstić information content (AvgIpc) is 3.39. The van der Waals surface area contributed by atoms with Crippen molar-refractivity contribution in [1.29, 1.82) is 0 Å². The van der Waals surface area contributed by atoms with E-state index >= 15 is 0 Å². The van der Waals surface area contributed by atoms with Gasteiger partial charge in [0.25, 0.3) is 5.91 Å². The Morgan fingerprint density at radius 3 is 2.56 bits per heavy atom. The van der Waals surface area contributed by atoms with Crippen molar-refractivity contribution in [2.75, 3.05) is 5.75 Å². The first kappa shape index (κ1) is 23.7. The van der Waals surface area contributed by atoms with E-state index in [1.54, 1.807) is 6.21 Å². The summed E-state index contributed by atoms with van der Waals surface area (Å²) in [6, 6.07) is 17.3. The van der Waals surface area contributed by atoms with E-state index < -0.39 is 0 Å². The zero-order valence-corrected chi connectivity index (χ0v) is 20.6. The molecule has 174 valence electrons. The van der Waals surface area contributed by atoms with E-state index in [9.17, 15) is 4.79 Å². The number of hydrogen-bond acceptors (Lipinski definition) is 6. The van der Waals surface area contributed by atoms with Crippen LogP contribution >= 0.6 is 23.4 Å². The summed E-state index contributed by atoms with van der Waals surface area (Å²) in [5.41, 5.74) is 7.13. The van der Waals surface area contributed by atoms with Gasteiger partial charge in [-0.2, -0.15) is 10.2 Å². The third-order valence-corrected chi connectivity index (χ3v) is 6.42. The highest BCUT2D eigenvalue weighted by atomic mass is 35.5. The summed E-state index contributed by atoms with van der Waals surface area (Å²) in [7, 11) is 0. The molecule has 0 spiro atoms. The van der Waals surface area contributed by atoms with Gasteiger partial charge in [-0.1, -0.05) is 41.6 Å². The van der Waals surface area contributed by atoms with Gasteiger partial charge in [-0.05, 0) is 57.2 Å². The predicted molar refractivity (Wildman–Crippen MR) is 136 cm³/mol. The molecule has 2 heterocycles. The van der Waals surface area contributed by atoms with Crippen molar-refractivity contribution in [3.63, 3.8) is 0 Å². The minimum atomic E-state index is -0.231. The Morgan fingerprint density at radius 2 is 1.85 bits per heavy atom. The van der Waals surface area contributed by atoms with Crippen LogP contribution in [-0.4, -0.2) is 42.4 Å². The van der Waals surface area contributed by atoms with Crippen LogP contribution in [0.3, 0.4) is 0 Å². The van der Waals surface area contributed by atoms with Crippen LogP contribution in [-0.2, 0) is 11.3 Å². The second kappa shape index (κ2) is 10.7. The molecule has 4 rings (SSSR count). The van der Waals surface area contributed by atoms with E-state index in [2.05, 4.69) is 25.8 Å². The lowest BCUT2D eigenvalue weighted by Crippen LogP contribution is -2.20. The number of carbonyl (C=O) groups excluding carboxylic acids is 1. The molecule has 0 atom stereocenters. The number of benzene rings is 2. The number of rotatable bonds is 8. The van der Waals surface area contributed by atoms with E-state index in [1.165, 1.54) is 11.8 Å². The maximum atomic E-state index is 12.4. The molecule has 0 fully saturated rings. The zero-order chi connectivity index (χ0) is 24.1. The van der Waals surface area contributed by atoms with Crippen LogP contribution in [0.2, 0.25) is 5.02 Å². The maximum absolute atomic E-state index is 12.4. The topological polar surface area (TPSA) is 90.0 Å². The van der Waals surface area contributed by atoms with Gasteiger partial charge in [-0.15, -0.1) is 10.2 Å². The fourth-order valence-corrected chi connectivity index (χ4v) is 4.41. The molecule has 0 aliphatic heterocycles. The quantitative estimate of drug-likeness (QED) is 0.219. The van der Waals surface area contributed by atoms with Crippen LogP contribution in [0.1, 0.15) is 23.9 Å². The van der Waals surface area contributed by atoms with Gasteiger partial charge >= 0.3 is 0 Å². The predicted octanol–water partition coefficient (Wildman–Crippen LogP) is 4.66. The minimum Gasteiger partial charge on any atom is -0.302 e. The molecule has 0 radical (unpaired) electrons. The fraction of sp³-hybridized carbons (Fsp3) is 0.208. The van der Waals surface area contributed by atoms with Crippen LogP contribution in [0.5, 0.6) is 0 Å². The van der Waals surface area contributed by atoms with Crippen molar-refractivity contribution in [3.05, 3.63) is 76.6 Å². The largest absolute Gasteiger partial charge is 0.302 e. The Hall–Kier alpha value is -3.43. The standard InChI is InChI=1S/C24H24ClN7OS/c1-4-31-23(18-10-12-19(25)13-11-18)28-29-24(31)34-15-22(33)27-26-14-21-16(2)30-32(17(21)3)20-8-6-5-7-9-20/h5-14H,4,15H2,1-3H3,(H,27,33)/b26-14-. The fourth-order valence-electron chi connectivity index (χ4n) is 3.49. The highest BCUT2D eigenvalue weighted by Gasteiger charge is 2.15. The van der Waals surface area contributed by atoms with Crippen molar-refractivity contribution in [2.24, 2.45) is 5.10 Å². The van der Waals surface area contributed by atoms with E-state index in [0.29, 0.717) is 16.7 Å². The third kappa shape index (κ3) is 5.21. The summed E-state index contributed by atoms with van der Waals surface area (Å²) in [5, 5.41) is 18.6. The van der Waals surface area contributed by atoms with Gasteiger partial charge in [0.1, 0.15) is 0 Å². The van der Waals surface area contributed by atoms with Crippen molar-refractivity contribution in [2.45, 2.75) is 32.5 Å². The smallest absolute Gasteiger partial charge is 0.250 e. The lowest BCUT2D eigenvalue weighted by Gasteiger charge is -2.07. The molecular weight excluding hydrogens is 470 g/mol. The summed E-state index contributed by atoms with van der Waals surface area (Å²) in [4.78, 5) is 12.4. The first-order valence-electron chi connectivity index (χ1n) is 10.7. The summed E-state index contributed by atoms with van der Waals surface area (Å²) < 4.78 is 3.83. The van der Waals surface area contributed by atoms with Gasteiger partial charge < -0.3 is 4.57 Å². The van der Waals surface area contributed by atoms with Crippen LogP contribution < -0.4 is 5.43 Å². The van der Waals surface area contributed by atoms with E-state index in [-0.39, 0.29) is 11.7 Å². The van der Waals surface area contributed by atoms with E-state index in [4.69, 9.17) is 11.6 Å². The molecule has 0 unspecified atom stereocenters. The Kier molecular flexibility index (Phi) is 7.44. The number of nitrogens with zero attached hydrogens (tertiary/aromatic N) is 6. The number of aryl methyl sites for hydroxylation is 1. The van der Waals surface area contributed by atoms with Gasteiger partial charge in [0.15, 0.2) is 11.0 Å². The molecule has 0 saturated carbocycles. The number of thioether (sulfide) groups is 1. The molecule has 2 aromatic heterocycles. The van der Waals surface area contributed by atoms with Gasteiger partial charge in [0.2, 0.25) is 0 Å². The lowest BCUT2D eigenvalue weighted by molar-refractivity contribution is -0.118. The molecule has 10 heteroatoms. The Labute approximate surface area is 207 Å². The van der Waals surface area contributed by atoms with Gasteiger partial charge in [0, 0.05) is 22.7 Å². The Balaban J connectivity index is 1.38. The maximum Gasteiger partial charge on any atom is 0.250 e. The number of hydrazone groups is 1. The number of hydrogen-bond donors (Lipinski definition) is 1. The SMILES string of the molecule is CCn1c(SCC(=O)N/N=C\c2c(C)nn(-c3ccccc3)c2C)nnc1-c1ccc(Cl)cc1. The first-order chi connectivity index (χ1) is 16.5. The lowest BCUT2D eigenvalue weighted by atomic mass is 10.2. The number of halogens is 1. The molecule has 0 bridgehead atoms. The van der Waals surface area contributed by atoms with Crippen molar-refractivity contribution in [1.82, 2.24) is 30.0 Å². The Bertz CT molecular complexity index is 1310. The molecule has 0 saturated heterocycles. The highest BCUT2D eigenvalue weighted by Crippen LogP contribution is 2.25. The monoisotopic (exact) mass is 493 g/mol. The molecule has 0 aliphatic rings. The van der Waals surface area contributed by atoms with E-state index in [1.807, 2.05) is 84.6 Å². The number of amides is 1. The van der Waals surface area contributed by atoms with Gasteiger partial charge in [-0.25, -0.2) is 10.1 Å². The summed E-state index contributed by atoms with van der Waals surface area (Å²) in [6.45, 7) is 6.58. The van der Waals surface area contributed by atoms with Crippen molar-refractivity contribution >= 4 is 35.5 Å². The van der Waals surface area contributed by atoms with Gasteiger partial charge in [-0.3, -0.25) is 4.79 Å². The molecule has 8 nitrogen and oxygen atoms in total. The van der Waals surface area contributed by atoms with Crippen LogP contribution in [0.25, 0.3) is 17.1 Å². The van der Waals surface area contributed by atoms with E-state index in [0.717, 1.165) is 34.0 Å². The normalized spacial score (nSPS) is 11.3. The average molecular weight is 494 g/mol. The second-order valence-corrected chi connectivity index (χ2v) is 8.85. The molecule has 1 N–H and O–H groups in total. The molecule has 2 aromatic carbocycles. The molecule has 4 aromatic rings. The van der Waals surface area contributed by atoms with Gasteiger partial charge in [0.05, 0.1) is 29.0 Å². The molecule has 34 heavy (non-hydrogen) atoms. The summed E-state index contributed by atoms with van der Waals surface area (Å²) in [6.07, 6.45) is 1.63. The first-order valence-corrected chi connectivity index (χ1v) is 12.1. The van der Waals surface area contributed by atoms with Crippen LogP contribution in [0, 0.1) is 13.8 Å². The van der Waals surface area contributed by atoms with Crippen molar-refractivity contribution in [3.8, 4) is 17.1 Å². The Morgan fingerprint density at radius 1 is 1.12 bits per heavy atom. The summed E-state index contributed by atoms with van der Waals surface area (Å²) >= 11 is 7.30. The molecular formula is C24H24ClN7OS. The molecule has 0 aliphatic carbocycles. The van der Waals surface area contributed by atoms with Crippen LogP contribution in [0.4, 0.5) is 0 Å². The van der Waals surface area contributed by atoms with Crippen LogP contribution in [0.15, 0.2) is 64.9 Å². The third-order valence-electron chi connectivity index (χ3n) is 5.20. The number of para-hydroxylation sites is 1. The minimum absolute atomic E-state index is 0.164. The number of carbonyl (C=O) groups is 1. The summed E-state index contributed by atoms with van der Waals surface area (Å²) in [5.74, 6) is 0.671. The highest BCUT2D eigenvalue weighted by molar-refractivity contribution is 7.99. The number of aromatic nitrogens is 5. The zero-order valence-electron chi connectivity index (χ0n) is 19.1. The molecule has 1 amide bonds. The van der Waals surface area contributed by atoms with Crippen molar-refractivity contribution < 1.29 is 4.79 Å².